The number of benzene rings is 1. The molecule has 1 N–H and O–H groups in total. The van der Waals surface area contributed by atoms with Crippen LogP contribution in [-0.4, -0.2) is 51.4 Å². The van der Waals surface area contributed by atoms with Crippen LogP contribution in [0.4, 0.5) is 4.79 Å². The quantitative estimate of drug-likeness (QED) is 0.531. The lowest BCUT2D eigenvalue weighted by molar-refractivity contribution is 0.0184. The van der Waals surface area contributed by atoms with Crippen molar-refractivity contribution in [2.45, 2.75) is 76.7 Å². The molecule has 2 saturated carbocycles. The molecule has 198 valence electrons. The second-order valence-corrected chi connectivity index (χ2v) is 12.5. The van der Waals surface area contributed by atoms with Gasteiger partial charge in [0.1, 0.15) is 5.76 Å². The lowest BCUT2D eigenvalue weighted by Gasteiger charge is -2.50. The Morgan fingerprint density at radius 3 is 2.50 bits per heavy atom. The number of ether oxygens (including phenoxy) is 3. The van der Waals surface area contributed by atoms with E-state index in [1.54, 1.807) is 14.2 Å². The number of carbonyl (C=O) groups excluding carboxylic acids is 1. The summed E-state index contributed by atoms with van der Waals surface area (Å²) in [6.07, 6.45) is 10.9. The maximum Gasteiger partial charge on any atom is 0.412 e. The molecule has 1 amide bonds. The highest BCUT2D eigenvalue weighted by Crippen LogP contribution is 2.53. The molecule has 3 fully saturated rings. The maximum absolute atomic E-state index is 12.9. The number of rotatable bonds is 6. The first-order valence-electron chi connectivity index (χ1n) is 13.8. The Hall–Kier alpha value is -2.21. The van der Waals surface area contributed by atoms with E-state index in [0.29, 0.717) is 0 Å². The van der Waals surface area contributed by atoms with Crippen molar-refractivity contribution in [1.82, 2.24) is 10.2 Å². The SMILES string of the molecule is COc1ccc([C@@]23CC=C(OC(=O)NCC45CC(C)CC(CC(C)C4)C5)C[C@@H]2N(C)CC3)cc1OC. The van der Waals surface area contributed by atoms with Gasteiger partial charge in [-0.15, -0.1) is 0 Å². The van der Waals surface area contributed by atoms with Crippen molar-refractivity contribution >= 4 is 6.09 Å². The average molecular weight is 497 g/mol. The number of allylic oxidation sites excluding steroid dienone is 1. The standard InChI is InChI=1S/C30H44N2O4/c1-20-12-22-13-21(2)17-29(16-20,18-22)19-31-28(33)36-24-8-9-30(10-11-32(3)27(30)15-24)23-6-7-25(34-4)26(14-23)35-5/h6-8,14,20-22,27H,9-13,15-19H2,1-5H3,(H,31,33)/t20?,21?,22?,27-,29?,30-/m0/s1. The molecular weight excluding hydrogens is 452 g/mol. The van der Waals surface area contributed by atoms with Crippen LogP contribution in [-0.2, 0) is 10.2 Å². The van der Waals surface area contributed by atoms with Gasteiger partial charge < -0.3 is 24.4 Å². The molecule has 2 unspecified atom stereocenters. The average Bonchev–Trinajstić information content (AvgIpc) is 3.18. The van der Waals surface area contributed by atoms with Gasteiger partial charge in [0, 0.05) is 24.4 Å². The second kappa shape index (κ2) is 9.92. The van der Waals surface area contributed by atoms with Crippen LogP contribution in [0.3, 0.4) is 0 Å². The van der Waals surface area contributed by atoms with Crippen LogP contribution in [0, 0.1) is 23.2 Å². The zero-order valence-electron chi connectivity index (χ0n) is 22.8. The summed E-state index contributed by atoms with van der Waals surface area (Å²) >= 11 is 0. The number of amides is 1. The molecule has 3 aliphatic carbocycles. The molecule has 0 radical (unpaired) electrons. The molecule has 36 heavy (non-hydrogen) atoms. The second-order valence-electron chi connectivity index (χ2n) is 12.5. The third-order valence-electron chi connectivity index (χ3n) is 9.72. The minimum atomic E-state index is -0.289. The minimum Gasteiger partial charge on any atom is -0.493 e. The number of fused-ring (bicyclic) bond motifs is 3. The molecule has 4 atom stereocenters. The van der Waals surface area contributed by atoms with E-state index in [1.807, 2.05) is 6.07 Å². The van der Waals surface area contributed by atoms with Crippen LogP contribution in [0.5, 0.6) is 11.5 Å². The highest BCUT2D eigenvalue weighted by atomic mass is 16.6. The minimum absolute atomic E-state index is 0.0118. The van der Waals surface area contributed by atoms with E-state index in [-0.39, 0.29) is 23.0 Å². The Balaban J connectivity index is 1.26. The van der Waals surface area contributed by atoms with Crippen LogP contribution in [0.25, 0.3) is 0 Å². The largest absolute Gasteiger partial charge is 0.493 e. The molecule has 6 heteroatoms. The summed E-state index contributed by atoms with van der Waals surface area (Å²) in [6, 6.07) is 6.58. The van der Waals surface area contributed by atoms with E-state index in [9.17, 15) is 4.79 Å². The van der Waals surface area contributed by atoms with E-state index < -0.39 is 0 Å². The summed E-state index contributed by atoms with van der Waals surface area (Å²) in [5, 5.41) is 3.18. The Morgan fingerprint density at radius 2 is 1.81 bits per heavy atom. The number of hydrogen-bond acceptors (Lipinski definition) is 5. The number of methoxy groups -OCH3 is 2. The van der Waals surface area contributed by atoms with Crippen LogP contribution >= 0.6 is 0 Å². The van der Waals surface area contributed by atoms with E-state index in [2.05, 4.69) is 49.3 Å². The van der Waals surface area contributed by atoms with E-state index in [0.717, 1.165) is 67.4 Å². The van der Waals surface area contributed by atoms with Gasteiger partial charge in [0.15, 0.2) is 11.5 Å². The van der Waals surface area contributed by atoms with Crippen molar-refractivity contribution < 1.29 is 19.0 Å². The monoisotopic (exact) mass is 496 g/mol. The maximum atomic E-state index is 12.9. The van der Waals surface area contributed by atoms with Crippen LogP contribution < -0.4 is 14.8 Å². The summed E-state index contributed by atoms with van der Waals surface area (Å²) < 4.78 is 17.0. The van der Waals surface area contributed by atoms with Crippen molar-refractivity contribution in [1.29, 1.82) is 0 Å². The number of nitrogens with one attached hydrogen (secondary N) is 1. The molecule has 0 spiro atoms. The van der Waals surface area contributed by atoms with Gasteiger partial charge in [-0.25, -0.2) is 4.79 Å². The molecular formula is C30H44N2O4. The van der Waals surface area contributed by atoms with Gasteiger partial charge in [-0.05, 0) is 105 Å². The molecule has 1 aromatic carbocycles. The van der Waals surface area contributed by atoms with Crippen molar-refractivity contribution in [3.63, 3.8) is 0 Å². The molecule has 2 bridgehead atoms. The van der Waals surface area contributed by atoms with E-state index in [4.69, 9.17) is 14.2 Å². The van der Waals surface area contributed by atoms with Crippen molar-refractivity contribution in [2.75, 3.05) is 34.4 Å². The van der Waals surface area contributed by atoms with Gasteiger partial charge in [0.05, 0.1) is 14.2 Å². The number of alkyl carbamates (subject to hydrolysis) is 1. The molecule has 4 aliphatic rings. The number of nitrogens with zero attached hydrogens (tertiary/aromatic N) is 1. The lowest BCUT2D eigenvalue weighted by atomic mass is 9.57. The lowest BCUT2D eigenvalue weighted by Crippen LogP contribution is -2.47. The number of likely N-dealkylation sites (tertiary alicyclic amines) is 1. The van der Waals surface area contributed by atoms with Crippen molar-refractivity contribution in [2.24, 2.45) is 23.2 Å². The highest BCUT2D eigenvalue weighted by Gasteiger charge is 2.49. The van der Waals surface area contributed by atoms with Gasteiger partial charge in [-0.3, -0.25) is 0 Å². The Labute approximate surface area is 216 Å². The van der Waals surface area contributed by atoms with E-state index in [1.165, 1.54) is 37.7 Å². The molecule has 1 aromatic rings. The number of likely N-dealkylation sites (N-methyl/N-ethyl adjacent to an activating group) is 1. The number of hydrogen-bond donors (Lipinski definition) is 1. The summed E-state index contributed by atoms with van der Waals surface area (Å²) in [5.74, 6) is 4.62. The van der Waals surface area contributed by atoms with Crippen molar-refractivity contribution in [3.05, 3.63) is 35.6 Å². The molecule has 0 aromatic heterocycles. The molecule has 1 heterocycles. The topological polar surface area (TPSA) is 60.0 Å². The normalized spacial score (nSPS) is 36.0. The first kappa shape index (κ1) is 25.4. The predicted molar refractivity (Wildman–Crippen MR) is 141 cm³/mol. The van der Waals surface area contributed by atoms with Crippen LogP contribution in [0.15, 0.2) is 30.0 Å². The molecule has 5 rings (SSSR count). The summed E-state index contributed by atoms with van der Waals surface area (Å²) in [4.78, 5) is 15.3. The predicted octanol–water partition coefficient (Wildman–Crippen LogP) is 5.90. The van der Waals surface area contributed by atoms with Crippen molar-refractivity contribution in [3.8, 4) is 11.5 Å². The fourth-order valence-electron chi connectivity index (χ4n) is 8.50. The van der Waals surface area contributed by atoms with Gasteiger partial charge in [0.25, 0.3) is 0 Å². The first-order valence-corrected chi connectivity index (χ1v) is 13.8. The molecule has 1 saturated heterocycles. The fourth-order valence-corrected chi connectivity index (χ4v) is 8.50. The summed E-state index contributed by atoms with van der Waals surface area (Å²) in [6.45, 7) is 6.52. The fraction of sp³-hybridized carbons (Fsp3) is 0.700. The Bertz CT molecular complexity index is 987. The summed E-state index contributed by atoms with van der Waals surface area (Å²) in [7, 11) is 5.53. The Kier molecular flexibility index (Phi) is 7.01. The summed E-state index contributed by atoms with van der Waals surface area (Å²) in [5.41, 5.74) is 1.50. The third-order valence-corrected chi connectivity index (χ3v) is 9.72. The zero-order valence-corrected chi connectivity index (χ0v) is 22.8. The third kappa shape index (κ3) is 4.73. The van der Waals surface area contributed by atoms with Crippen LogP contribution in [0.2, 0.25) is 0 Å². The smallest absolute Gasteiger partial charge is 0.412 e. The van der Waals surface area contributed by atoms with Gasteiger partial charge in [0.2, 0.25) is 0 Å². The first-order chi connectivity index (χ1) is 17.3. The van der Waals surface area contributed by atoms with Gasteiger partial charge in [-0.1, -0.05) is 19.9 Å². The van der Waals surface area contributed by atoms with Gasteiger partial charge in [-0.2, -0.15) is 0 Å². The number of carbonyl (C=O) groups is 1. The van der Waals surface area contributed by atoms with Gasteiger partial charge >= 0.3 is 6.09 Å². The molecule has 6 nitrogen and oxygen atoms in total. The highest BCUT2D eigenvalue weighted by molar-refractivity contribution is 5.68. The van der Waals surface area contributed by atoms with Crippen LogP contribution in [0.1, 0.15) is 70.8 Å². The zero-order chi connectivity index (χ0) is 25.5. The van der Waals surface area contributed by atoms with E-state index >= 15 is 0 Å². The Morgan fingerprint density at radius 1 is 1.08 bits per heavy atom. The molecule has 1 aliphatic heterocycles.